The lowest BCUT2D eigenvalue weighted by Gasteiger charge is -2.13. The van der Waals surface area contributed by atoms with Gasteiger partial charge in [0, 0.05) is 8.59 Å². The molecule has 2 nitrogen and oxygen atoms in total. The van der Waals surface area contributed by atoms with Crippen molar-refractivity contribution in [2.24, 2.45) is 0 Å². The van der Waals surface area contributed by atoms with E-state index in [0.717, 1.165) is 15.7 Å². The molecule has 108 valence electrons. The number of hydrogen-bond acceptors (Lipinski definition) is 2. The highest BCUT2D eigenvalue weighted by Gasteiger charge is 2.31. The van der Waals surface area contributed by atoms with Gasteiger partial charge in [0.25, 0.3) is 0 Å². The zero-order chi connectivity index (χ0) is 15.6. The molecule has 7 heteroatoms. The van der Waals surface area contributed by atoms with E-state index in [1.807, 2.05) is 22.6 Å². The smallest absolute Gasteiger partial charge is 0.354 e. The zero-order valence-corrected chi connectivity index (χ0v) is 13.2. The van der Waals surface area contributed by atoms with Gasteiger partial charge < -0.3 is 5.32 Å². The van der Waals surface area contributed by atoms with Crippen LogP contribution in [0.4, 0.5) is 24.5 Å². The van der Waals surface area contributed by atoms with Crippen molar-refractivity contribution in [3.05, 3.63) is 56.1 Å². The van der Waals surface area contributed by atoms with Crippen molar-refractivity contribution in [1.29, 1.82) is 5.26 Å². The van der Waals surface area contributed by atoms with Gasteiger partial charge in [-0.05, 0) is 59.0 Å². The molecule has 0 heterocycles. The average molecular weight is 423 g/mol. The highest BCUT2D eigenvalue weighted by Crippen LogP contribution is 2.33. The summed E-state index contributed by atoms with van der Waals surface area (Å²) in [6, 6.07) is 9.83. The maximum absolute atomic E-state index is 12.6. The van der Waals surface area contributed by atoms with E-state index >= 15 is 0 Å². The van der Waals surface area contributed by atoms with Gasteiger partial charge in [0.05, 0.1) is 22.5 Å². The van der Waals surface area contributed by atoms with Gasteiger partial charge in [-0.2, -0.15) is 18.4 Å². The number of nitriles is 1. The molecule has 0 saturated carbocycles. The number of alkyl halides is 3. The van der Waals surface area contributed by atoms with Gasteiger partial charge in [0.1, 0.15) is 6.07 Å². The first-order valence-corrected chi connectivity index (χ1v) is 7.10. The molecule has 0 radical (unpaired) electrons. The molecule has 2 rings (SSSR count). The van der Waals surface area contributed by atoms with E-state index in [1.165, 1.54) is 6.07 Å². The van der Waals surface area contributed by atoms with Crippen LogP contribution in [0.2, 0.25) is 5.02 Å². The molecule has 0 aliphatic heterocycles. The monoisotopic (exact) mass is 422 g/mol. The summed E-state index contributed by atoms with van der Waals surface area (Å²) in [5.41, 5.74) is 0.0491. The summed E-state index contributed by atoms with van der Waals surface area (Å²) in [6.07, 6.45) is -4.47. The van der Waals surface area contributed by atoms with Gasteiger partial charge in [-0.15, -0.1) is 0 Å². The van der Waals surface area contributed by atoms with E-state index in [0.29, 0.717) is 16.4 Å². The second-order valence-corrected chi connectivity index (χ2v) is 5.72. The Balaban J connectivity index is 2.39. The lowest BCUT2D eigenvalue weighted by atomic mass is 10.1. The standard InChI is InChI=1S/C14H7ClF3IN2/c15-10-2-4-13(11(19)6-10)21-12-3-1-9(14(16,17)18)5-8(12)7-20/h1-6,21H. The van der Waals surface area contributed by atoms with Crippen LogP contribution >= 0.6 is 34.2 Å². The second-order valence-electron chi connectivity index (χ2n) is 4.12. The fraction of sp³-hybridized carbons (Fsp3) is 0.0714. The number of halogens is 5. The number of nitrogens with zero attached hydrogens (tertiary/aromatic N) is 1. The predicted octanol–water partition coefficient (Wildman–Crippen LogP) is 5.58. The third kappa shape index (κ3) is 3.80. The van der Waals surface area contributed by atoms with Gasteiger partial charge in [-0.1, -0.05) is 11.6 Å². The Kier molecular flexibility index (Phi) is 4.64. The Labute approximate surface area is 137 Å². The van der Waals surface area contributed by atoms with E-state index < -0.39 is 11.7 Å². The normalized spacial score (nSPS) is 11.0. The quantitative estimate of drug-likeness (QED) is 0.642. The van der Waals surface area contributed by atoms with E-state index in [4.69, 9.17) is 16.9 Å². The third-order valence-corrected chi connectivity index (χ3v) is 3.80. The molecular weight excluding hydrogens is 416 g/mol. The number of hydrogen-bond donors (Lipinski definition) is 1. The molecular formula is C14H7ClF3IN2. The molecule has 21 heavy (non-hydrogen) atoms. The predicted molar refractivity (Wildman–Crippen MR) is 83.6 cm³/mol. The SMILES string of the molecule is N#Cc1cc(C(F)(F)F)ccc1Nc1ccc(Cl)cc1I. The fourth-order valence-corrected chi connectivity index (χ4v) is 2.66. The summed E-state index contributed by atoms with van der Waals surface area (Å²) in [4.78, 5) is 0. The summed E-state index contributed by atoms with van der Waals surface area (Å²) < 4.78 is 38.7. The molecule has 0 unspecified atom stereocenters. The van der Waals surface area contributed by atoms with Gasteiger partial charge in [-0.25, -0.2) is 0 Å². The average Bonchev–Trinajstić information content (AvgIpc) is 2.41. The molecule has 2 aromatic rings. The molecule has 0 amide bonds. The first kappa shape index (κ1) is 15.9. The highest BCUT2D eigenvalue weighted by atomic mass is 127. The molecule has 0 saturated heterocycles. The first-order chi connectivity index (χ1) is 9.81. The fourth-order valence-electron chi connectivity index (χ4n) is 1.66. The third-order valence-electron chi connectivity index (χ3n) is 2.67. The van der Waals surface area contributed by atoms with Crippen LogP contribution in [0.1, 0.15) is 11.1 Å². The van der Waals surface area contributed by atoms with Crippen molar-refractivity contribution in [3.63, 3.8) is 0 Å². The number of nitrogens with one attached hydrogen (secondary N) is 1. The van der Waals surface area contributed by atoms with Crippen molar-refractivity contribution in [2.45, 2.75) is 6.18 Å². The number of anilines is 2. The van der Waals surface area contributed by atoms with Crippen LogP contribution in [0.15, 0.2) is 36.4 Å². The first-order valence-electron chi connectivity index (χ1n) is 5.64. The van der Waals surface area contributed by atoms with E-state index in [2.05, 4.69) is 5.32 Å². The minimum atomic E-state index is -4.47. The molecule has 2 aromatic carbocycles. The summed E-state index contributed by atoms with van der Waals surface area (Å²) in [5.74, 6) is 0. The van der Waals surface area contributed by atoms with E-state index in [1.54, 1.807) is 24.3 Å². The summed E-state index contributed by atoms with van der Waals surface area (Å²) in [7, 11) is 0. The molecule has 0 atom stereocenters. The van der Waals surface area contributed by atoms with Crippen LogP contribution in [0.5, 0.6) is 0 Å². The van der Waals surface area contributed by atoms with Crippen LogP contribution in [0.3, 0.4) is 0 Å². The molecule has 0 fully saturated rings. The Morgan fingerprint density at radius 1 is 1.10 bits per heavy atom. The van der Waals surface area contributed by atoms with Crippen molar-refractivity contribution in [1.82, 2.24) is 0 Å². The van der Waals surface area contributed by atoms with Crippen molar-refractivity contribution in [3.8, 4) is 6.07 Å². The van der Waals surface area contributed by atoms with Gasteiger partial charge >= 0.3 is 6.18 Å². The number of benzene rings is 2. The minimum absolute atomic E-state index is 0.0735. The van der Waals surface area contributed by atoms with E-state index in [9.17, 15) is 13.2 Å². The van der Waals surface area contributed by atoms with Gasteiger partial charge in [-0.3, -0.25) is 0 Å². The molecule has 0 aliphatic carbocycles. The molecule has 0 bridgehead atoms. The Morgan fingerprint density at radius 2 is 1.76 bits per heavy atom. The highest BCUT2D eigenvalue weighted by molar-refractivity contribution is 14.1. The minimum Gasteiger partial charge on any atom is -0.354 e. The van der Waals surface area contributed by atoms with E-state index in [-0.39, 0.29) is 5.56 Å². The van der Waals surface area contributed by atoms with Crippen LogP contribution in [-0.4, -0.2) is 0 Å². The zero-order valence-electron chi connectivity index (χ0n) is 10.3. The number of rotatable bonds is 2. The summed E-state index contributed by atoms with van der Waals surface area (Å²) in [5, 5.41) is 12.5. The van der Waals surface area contributed by atoms with Crippen LogP contribution < -0.4 is 5.32 Å². The van der Waals surface area contributed by atoms with Crippen LogP contribution in [0.25, 0.3) is 0 Å². The second kappa shape index (κ2) is 6.12. The largest absolute Gasteiger partial charge is 0.416 e. The van der Waals surface area contributed by atoms with Crippen LogP contribution in [0, 0.1) is 14.9 Å². The van der Waals surface area contributed by atoms with Gasteiger partial charge in [0.2, 0.25) is 0 Å². The maximum atomic E-state index is 12.6. The summed E-state index contributed by atoms with van der Waals surface area (Å²) in [6.45, 7) is 0. The Bertz CT molecular complexity index is 723. The molecule has 0 spiro atoms. The van der Waals surface area contributed by atoms with Crippen molar-refractivity contribution in [2.75, 3.05) is 5.32 Å². The summed E-state index contributed by atoms with van der Waals surface area (Å²) >= 11 is 7.89. The lowest BCUT2D eigenvalue weighted by Crippen LogP contribution is -2.06. The molecule has 1 N–H and O–H groups in total. The van der Waals surface area contributed by atoms with Crippen LogP contribution in [-0.2, 0) is 6.18 Å². The maximum Gasteiger partial charge on any atom is 0.416 e. The van der Waals surface area contributed by atoms with Crippen molar-refractivity contribution >= 4 is 45.6 Å². The Morgan fingerprint density at radius 3 is 2.33 bits per heavy atom. The molecule has 0 aliphatic rings. The lowest BCUT2D eigenvalue weighted by molar-refractivity contribution is -0.137. The van der Waals surface area contributed by atoms with Crippen molar-refractivity contribution < 1.29 is 13.2 Å². The van der Waals surface area contributed by atoms with Gasteiger partial charge in [0.15, 0.2) is 0 Å². The Hall–Kier alpha value is -1.46. The topological polar surface area (TPSA) is 35.8 Å². The molecule has 0 aromatic heterocycles.